The van der Waals surface area contributed by atoms with E-state index in [4.69, 9.17) is 14.2 Å². The first-order valence-corrected chi connectivity index (χ1v) is 8.12. The largest absolute Gasteiger partial charge is 0.494 e. The summed E-state index contributed by atoms with van der Waals surface area (Å²) in [5.74, 6) is 1.61. The van der Waals surface area contributed by atoms with Crippen LogP contribution in [0.1, 0.15) is 12.0 Å². The van der Waals surface area contributed by atoms with Gasteiger partial charge in [-0.1, -0.05) is 30.3 Å². The van der Waals surface area contributed by atoms with Crippen molar-refractivity contribution >= 4 is 6.09 Å². The molecule has 0 aromatic heterocycles. The van der Waals surface area contributed by atoms with Crippen LogP contribution in [0.15, 0.2) is 54.6 Å². The summed E-state index contributed by atoms with van der Waals surface area (Å²) in [5.41, 5.74) is 1.14. The van der Waals surface area contributed by atoms with Crippen LogP contribution in [0.2, 0.25) is 0 Å². The topological polar surface area (TPSA) is 48.0 Å². The van der Waals surface area contributed by atoms with Crippen molar-refractivity contribution < 1.29 is 19.0 Å². The molecule has 1 saturated heterocycles. The quantitative estimate of drug-likeness (QED) is 0.697. The minimum Gasteiger partial charge on any atom is -0.494 e. The minimum atomic E-state index is -0.227. The van der Waals surface area contributed by atoms with E-state index in [1.54, 1.807) is 4.90 Å². The van der Waals surface area contributed by atoms with Crippen LogP contribution in [0.4, 0.5) is 4.79 Å². The highest BCUT2D eigenvalue weighted by molar-refractivity contribution is 5.69. The number of carbonyl (C=O) groups excluding carboxylic acids is 1. The van der Waals surface area contributed by atoms with E-state index in [1.165, 1.54) is 0 Å². The normalized spacial score (nSPS) is 13.7. The molecule has 1 aliphatic heterocycles. The van der Waals surface area contributed by atoms with Gasteiger partial charge in [0.25, 0.3) is 0 Å². The fraction of sp³-hybridized carbons (Fsp3) is 0.316. The Morgan fingerprint density at radius 3 is 2.33 bits per heavy atom. The van der Waals surface area contributed by atoms with Crippen molar-refractivity contribution in [2.24, 2.45) is 0 Å². The van der Waals surface area contributed by atoms with E-state index in [0.29, 0.717) is 32.9 Å². The second kappa shape index (κ2) is 8.24. The van der Waals surface area contributed by atoms with Gasteiger partial charge < -0.3 is 19.1 Å². The van der Waals surface area contributed by atoms with E-state index in [9.17, 15) is 4.79 Å². The Bertz CT molecular complexity index is 642. The van der Waals surface area contributed by atoms with Gasteiger partial charge in [0.05, 0.1) is 13.2 Å². The first-order valence-electron chi connectivity index (χ1n) is 8.12. The van der Waals surface area contributed by atoms with Crippen molar-refractivity contribution in [3.8, 4) is 11.5 Å². The van der Waals surface area contributed by atoms with Crippen molar-refractivity contribution in [3.05, 3.63) is 60.2 Å². The Morgan fingerprint density at radius 1 is 0.958 bits per heavy atom. The van der Waals surface area contributed by atoms with Gasteiger partial charge in [0.1, 0.15) is 24.7 Å². The second-order valence-corrected chi connectivity index (χ2v) is 5.55. The third-order valence-corrected chi connectivity index (χ3v) is 3.76. The molecule has 0 aliphatic carbocycles. The van der Waals surface area contributed by atoms with E-state index in [2.05, 4.69) is 0 Å². The molecule has 1 aliphatic rings. The third kappa shape index (κ3) is 4.65. The van der Waals surface area contributed by atoms with Gasteiger partial charge in [0, 0.05) is 6.54 Å². The molecule has 0 bridgehead atoms. The lowest BCUT2D eigenvalue weighted by Crippen LogP contribution is -2.26. The predicted molar refractivity (Wildman–Crippen MR) is 90.2 cm³/mol. The molecular formula is C19H21NO4. The van der Waals surface area contributed by atoms with Crippen molar-refractivity contribution in [3.63, 3.8) is 0 Å². The zero-order valence-corrected chi connectivity index (χ0v) is 13.5. The maximum Gasteiger partial charge on any atom is 0.409 e. The lowest BCUT2D eigenvalue weighted by atomic mass is 10.2. The molecule has 0 saturated carbocycles. The predicted octanol–water partition coefficient (Wildman–Crippen LogP) is 3.49. The summed E-state index contributed by atoms with van der Waals surface area (Å²) >= 11 is 0. The molecule has 1 amide bonds. The van der Waals surface area contributed by atoms with Gasteiger partial charge in [-0.15, -0.1) is 0 Å². The number of carbonyl (C=O) groups is 1. The maximum atomic E-state index is 11.3. The van der Waals surface area contributed by atoms with Gasteiger partial charge in [-0.2, -0.15) is 0 Å². The summed E-state index contributed by atoms with van der Waals surface area (Å²) in [4.78, 5) is 13.0. The summed E-state index contributed by atoms with van der Waals surface area (Å²) in [6, 6.07) is 17.6. The minimum absolute atomic E-state index is 0.227. The van der Waals surface area contributed by atoms with Crippen LogP contribution in [0.25, 0.3) is 0 Å². The van der Waals surface area contributed by atoms with Gasteiger partial charge >= 0.3 is 6.09 Å². The smallest absolute Gasteiger partial charge is 0.409 e. The lowest BCUT2D eigenvalue weighted by molar-refractivity contribution is 0.156. The van der Waals surface area contributed by atoms with Gasteiger partial charge in [-0.05, 0) is 36.2 Å². The van der Waals surface area contributed by atoms with Crippen LogP contribution in [-0.2, 0) is 11.3 Å². The van der Waals surface area contributed by atoms with E-state index in [-0.39, 0.29) is 6.09 Å². The molecule has 0 atom stereocenters. The first-order chi connectivity index (χ1) is 11.8. The Hall–Kier alpha value is -2.69. The molecule has 126 valence electrons. The van der Waals surface area contributed by atoms with E-state index in [0.717, 1.165) is 23.5 Å². The second-order valence-electron chi connectivity index (χ2n) is 5.55. The van der Waals surface area contributed by atoms with Crippen molar-refractivity contribution in [2.45, 2.75) is 13.0 Å². The number of hydrogen-bond acceptors (Lipinski definition) is 4. The molecule has 5 nitrogen and oxygen atoms in total. The number of nitrogens with zero attached hydrogens (tertiary/aromatic N) is 1. The van der Waals surface area contributed by atoms with E-state index < -0.39 is 0 Å². The lowest BCUT2D eigenvalue weighted by Gasteiger charge is -2.13. The highest BCUT2D eigenvalue weighted by atomic mass is 16.6. The number of hydrogen-bond donors (Lipinski definition) is 0. The standard InChI is InChI=1S/C19H21NO4/c21-19-20(12-14-23-19)11-4-13-22-17-7-9-18(10-8-17)24-15-16-5-2-1-3-6-16/h1-3,5-10H,4,11-15H2. The number of ether oxygens (including phenoxy) is 3. The molecule has 3 rings (SSSR count). The molecule has 1 heterocycles. The molecule has 0 spiro atoms. The highest BCUT2D eigenvalue weighted by Gasteiger charge is 2.20. The first kappa shape index (κ1) is 16.2. The highest BCUT2D eigenvalue weighted by Crippen LogP contribution is 2.19. The molecule has 5 heteroatoms. The van der Waals surface area contributed by atoms with Crippen molar-refractivity contribution in [2.75, 3.05) is 26.3 Å². The average molecular weight is 327 g/mol. The van der Waals surface area contributed by atoms with Crippen LogP contribution in [0, 0.1) is 0 Å². The Morgan fingerprint density at radius 2 is 1.67 bits per heavy atom. The van der Waals surface area contributed by atoms with Crippen LogP contribution in [0.5, 0.6) is 11.5 Å². The fourth-order valence-electron chi connectivity index (χ4n) is 2.45. The summed E-state index contributed by atoms with van der Waals surface area (Å²) in [5, 5.41) is 0. The average Bonchev–Trinajstić information content (AvgIpc) is 3.04. The zero-order valence-electron chi connectivity index (χ0n) is 13.5. The molecule has 0 radical (unpaired) electrons. The Kier molecular flexibility index (Phi) is 5.56. The summed E-state index contributed by atoms with van der Waals surface area (Å²) in [6.45, 7) is 2.94. The SMILES string of the molecule is O=C1OCCN1CCCOc1ccc(OCc2ccccc2)cc1. The molecule has 2 aromatic rings. The molecule has 1 fully saturated rings. The molecule has 24 heavy (non-hydrogen) atoms. The van der Waals surface area contributed by atoms with E-state index in [1.807, 2.05) is 54.6 Å². The van der Waals surface area contributed by atoms with Gasteiger partial charge in [0.2, 0.25) is 0 Å². The number of rotatable bonds is 8. The van der Waals surface area contributed by atoms with Crippen molar-refractivity contribution in [1.29, 1.82) is 0 Å². The van der Waals surface area contributed by atoms with Crippen LogP contribution < -0.4 is 9.47 Å². The zero-order chi connectivity index (χ0) is 16.6. The summed E-state index contributed by atoms with van der Waals surface area (Å²) in [6.07, 6.45) is 0.552. The Labute approximate surface area is 141 Å². The molecule has 0 N–H and O–H groups in total. The van der Waals surface area contributed by atoms with Gasteiger partial charge in [-0.3, -0.25) is 0 Å². The van der Waals surface area contributed by atoms with Crippen molar-refractivity contribution in [1.82, 2.24) is 4.90 Å². The van der Waals surface area contributed by atoms with Crippen LogP contribution in [-0.4, -0.2) is 37.3 Å². The summed E-state index contributed by atoms with van der Waals surface area (Å²) in [7, 11) is 0. The van der Waals surface area contributed by atoms with E-state index >= 15 is 0 Å². The van der Waals surface area contributed by atoms with Gasteiger partial charge in [-0.25, -0.2) is 4.79 Å². The molecule has 0 unspecified atom stereocenters. The van der Waals surface area contributed by atoms with Gasteiger partial charge in [0.15, 0.2) is 0 Å². The van der Waals surface area contributed by atoms with Crippen LogP contribution >= 0.6 is 0 Å². The number of cyclic esters (lactones) is 1. The molecule has 2 aromatic carbocycles. The Balaban J connectivity index is 1.37. The number of benzene rings is 2. The molecular weight excluding hydrogens is 306 g/mol. The van der Waals surface area contributed by atoms with Crippen LogP contribution in [0.3, 0.4) is 0 Å². The summed E-state index contributed by atoms with van der Waals surface area (Å²) < 4.78 is 16.3. The monoisotopic (exact) mass is 327 g/mol. The maximum absolute atomic E-state index is 11.3. The fourth-order valence-corrected chi connectivity index (χ4v) is 2.45. The third-order valence-electron chi connectivity index (χ3n) is 3.76. The number of amides is 1.